The maximum absolute atomic E-state index is 12.5. The lowest BCUT2D eigenvalue weighted by atomic mass is 10.1. The van der Waals surface area contributed by atoms with Crippen LogP contribution in [0.5, 0.6) is 5.75 Å². The molecule has 0 spiro atoms. The van der Waals surface area contributed by atoms with Crippen molar-refractivity contribution in [2.45, 2.75) is 13.3 Å². The Kier molecular flexibility index (Phi) is 5.14. The van der Waals surface area contributed by atoms with Gasteiger partial charge in [-0.3, -0.25) is 14.5 Å². The van der Waals surface area contributed by atoms with Gasteiger partial charge in [0.25, 0.3) is 11.8 Å². The minimum atomic E-state index is -0.569. The molecule has 1 aliphatic rings. The van der Waals surface area contributed by atoms with Crippen LogP contribution in [0.1, 0.15) is 43.1 Å². The Balaban J connectivity index is 1.80. The Labute approximate surface area is 151 Å². The first-order valence-corrected chi connectivity index (χ1v) is 8.30. The number of imide groups is 1. The van der Waals surface area contributed by atoms with Gasteiger partial charge in [-0.1, -0.05) is 18.2 Å². The fourth-order valence-electron chi connectivity index (χ4n) is 2.82. The molecule has 0 saturated carbocycles. The highest BCUT2D eigenvalue weighted by Crippen LogP contribution is 2.25. The number of esters is 1. The Bertz CT molecular complexity index is 874. The summed E-state index contributed by atoms with van der Waals surface area (Å²) in [6, 6.07) is 11.6. The van der Waals surface area contributed by atoms with Gasteiger partial charge < -0.3 is 9.47 Å². The summed E-state index contributed by atoms with van der Waals surface area (Å²) in [5.41, 5.74) is 1.59. The predicted molar refractivity (Wildman–Crippen MR) is 94.4 cm³/mol. The topological polar surface area (TPSA) is 72.9 Å². The first-order valence-electron chi connectivity index (χ1n) is 8.30. The van der Waals surface area contributed by atoms with E-state index in [4.69, 9.17) is 9.47 Å². The Morgan fingerprint density at radius 1 is 1.04 bits per heavy atom. The molecule has 0 radical (unpaired) electrons. The largest absolute Gasteiger partial charge is 0.423 e. The van der Waals surface area contributed by atoms with E-state index in [2.05, 4.69) is 0 Å². The number of hydrogen-bond acceptors (Lipinski definition) is 5. The van der Waals surface area contributed by atoms with Crippen LogP contribution >= 0.6 is 0 Å². The zero-order chi connectivity index (χ0) is 18.7. The lowest BCUT2D eigenvalue weighted by Crippen LogP contribution is -2.31. The van der Waals surface area contributed by atoms with Crippen LogP contribution in [0.15, 0.2) is 42.5 Å². The number of rotatable bonds is 6. The molecule has 0 aliphatic carbocycles. The van der Waals surface area contributed by atoms with E-state index in [-0.39, 0.29) is 23.6 Å². The van der Waals surface area contributed by atoms with Crippen LogP contribution in [0, 0.1) is 6.92 Å². The van der Waals surface area contributed by atoms with Gasteiger partial charge >= 0.3 is 5.97 Å². The molecular formula is C20H19NO5. The quantitative estimate of drug-likeness (QED) is 0.346. The standard InChI is InChI=1S/C20H19NO5/c1-13-6-3-4-7-17(13)26-20(24)14-8-9-15-16(12-14)19(23)21(18(15)22)10-5-11-25-2/h3-4,6-9,12H,5,10-11H2,1-2H3. The van der Waals surface area contributed by atoms with Crippen molar-refractivity contribution in [3.05, 3.63) is 64.7 Å². The van der Waals surface area contributed by atoms with Crippen molar-refractivity contribution in [3.63, 3.8) is 0 Å². The molecule has 1 aliphatic heterocycles. The number of methoxy groups -OCH3 is 1. The monoisotopic (exact) mass is 353 g/mol. The van der Waals surface area contributed by atoms with Gasteiger partial charge in [-0.2, -0.15) is 0 Å². The van der Waals surface area contributed by atoms with Gasteiger partial charge in [0.2, 0.25) is 0 Å². The number of carbonyl (C=O) groups is 3. The van der Waals surface area contributed by atoms with Crippen molar-refractivity contribution in [2.24, 2.45) is 0 Å². The maximum Gasteiger partial charge on any atom is 0.343 e. The van der Waals surface area contributed by atoms with Crippen molar-refractivity contribution in [1.82, 2.24) is 4.90 Å². The van der Waals surface area contributed by atoms with Crippen LogP contribution < -0.4 is 4.74 Å². The van der Waals surface area contributed by atoms with Crippen molar-refractivity contribution in [1.29, 1.82) is 0 Å². The molecule has 0 atom stereocenters. The number of fused-ring (bicyclic) bond motifs is 1. The van der Waals surface area contributed by atoms with Gasteiger partial charge in [-0.25, -0.2) is 4.79 Å². The van der Waals surface area contributed by atoms with E-state index < -0.39 is 11.9 Å². The molecule has 26 heavy (non-hydrogen) atoms. The van der Waals surface area contributed by atoms with E-state index >= 15 is 0 Å². The first kappa shape index (κ1) is 17.8. The van der Waals surface area contributed by atoms with Crippen LogP contribution in [0.25, 0.3) is 0 Å². The highest BCUT2D eigenvalue weighted by molar-refractivity contribution is 6.22. The number of amides is 2. The fraction of sp³-hybridized carbons (Fsp3) is 0.250. The average Bonchev–Trinajstić information content (AvgIpc) is 2.88. The first-order chi connectivity index (χ1) is 12.5. The fourth-order valence-corrected chi connectivity index (χ4v) is 2.82. The number of aryl methyl sites for hydroxylation is 1. The molecule has 2 aromatic rings. The predicted octanol–water partition coefficient (Wildman–Crippen LogP) is 2.85. The van der Waals surface area contributed by atoms with E-state index in [1.807, 2.05) is 19.1 Å². The van der Waals surface area contributed by atoms with E-state index in [9.17, 15) is 14.4 Å². The number of hydrogen-bond donors (Lipinski definition) is 0. The molecule has 0 N–H and O–H groups in total. The molecule has 2 aromatic carbocycles. The van der Waals surface area contributed by atoms with Gasteiger partial charge in [-0.15, -0.1) is 0 Å². The van der Waals surface area contributed by atoms with Crippen molar-refractivity contribution < 1.29 is 23.9 Å². The minimum absolute atomic E-state index is 0.228. The van der Waals surface area contributed by atoms with Crippen molar-refractivity contribution >= 4 is 17.8 Å². The van der Waals surface area contributed by atoms with E-state index in [1.54, 1.807) is 19.2 Å². The average molecular weight is 353 g/mol. The van der Waals surface area contributed by atoms with Crippen molar-refractivity contribution in [3.8, 4) is 5.75 Å². The molecule has 1 heterocycles. The second kappa shape index (κ2) is 7.49. The Morgan fingerprint density at radius 3 is 2.50 bits per heavy atom. The highest BCUT2D eigenvalue weighted by Gasteiger charge is 2.35. The summed E-state index contributed by atoms with van der Waals surface area (Å²) < 4.78 is 10.3. The molecule has 2 amide bonds. The molecule has 6 nitrogen and oxygen atoms in total. The number of para-hydroxylation sites is 1. The molecule has 0 bridgehead atoms. The molecule has 0 unspecified atom stereocenters. The third kappa shape index (κ3) is 3.36. The minimum Gasteiger partial charge on any atom is -0.423 e. The van der Waals surface area contributed by atoms with Gasteiger partial charge in [0, 0.05) is 20.3 Å². The summed E-state index contributed by atoms with van der Waals surface area (Å²) in [5, 5.41) is 0. The van der Waals surface area contributed by atoms with Crippen molar-refractivity contribution in [2.75, 3.05) is 20.3 Å². The Morgan fingerprint density at radius 2 is 1.77 bits per heavy atom. The summed E-state index contributed by atoms with van der Waals surface area (Å²) >= 11 is 0. The lowest BCUT2D eigenvalue weighted by Gasteiger charge is -2.12. The number of nitrogens with zero attached hydrogens (tertiary/aromatic N) is 1. The number of benzene rings is 2. The third-order valence-corrected chi connectivity index (χ3v) is 4.23. The number of carbonyl (C=O) groups excluding carboxylic acids is 3. The molecule has 0 fully saturated rings. The second-order valence-electron chi connectivity index (χ2n) is 6.02. The highest BCUT2D eigenvalue weighted by atomic mass is 16.5. The molecule has 3 rings (SSSR count). The second-order valence-corrected chi connectivity index (χ2v) is 6.02. The number of ether oxygens (including phenoxy) is 2. The smallest absolute Gasteiger partial charge is 0.343 e. The summed E-state index contributed by atoms with van der Waals surface area (Å²) in [6.07, 6.45) is 0.560. The van der Waals surface area contributed by atoms with Gasteiger partial charge in [0.05, 0.1) is 16.7 Å². The normalized spacial score (nSPS) is 13.1. The Hall–Kier alpha value is -2.99. The van der Waals surface area contributed by atoms with E-state index in [0.29, 0.717) is 24.3 Å². The van der Waals surface area contributed by atoms with Crippen LogP contribution in [-0.4, -0.2) is 42.9 Å². The van der Waals surface area contributed by atoms with Crippen LogP contribution in [0.2, 0.25) is 0 Å². The summed E-state index contributed by atoms with van der Waals surface area (Å²) in [4.78, 5) is 38.4. The van der Waals surface area contributed by atoms with Crippen LogP contribution in [0.3, 0.4) is 0 Å². The molecule has 6 heteroatoms. The maximum atomic E-state index is 12.5. The van der Waals surface area contributed by atoms with Crippen LogP contribution in [-0.2, 0) is 4.74 Å². The molecular weight excluding hydrogens is 334 g/mol. The third-order valence-electron chi connectivity index (χ3n) is 4.23. The lowest BCUT2D eigenvalue weighted by molar-refractivity contribution is 0.0638. The van der Waals surface area contributed by atoms with Crippen LogP contribution in [0.4, 0.5) is 0 Å². The zero-order valence-corrected chi connectivity index (χ0v) is 14.7. The summed E-state index contributed by atoms with van der Waals surface area (Å²) in [7, 11) is 1.56. The zero-order valence-electron chi connectivity index (χ0n) is 14.7. The summed E-state index contributed by atoms with van der Waals surface area (Å²) in [6.45, 7) is 2.58. The van der Waals surface area contributed by atoms with E-state index in [1.165, 1.54) is 23.1 Å². The van der Waals surface area contributed by atoms with Gasteiger partial charge in [-0.05, 0) is 43.2 Å². The summed E-state index contributed by atoms with van der Waals surface area (Å²) in [5.74, 6) is -0.853. The van der Waals surface area contributed by atoms with Gasteiger partial charge in [0.1, 0.15) is 5.75 Å². The van der Waals surface area contributed by atoms with Gasteiger partial charge in [0.15, 0.2) is 0 Å². The van der Waals surface area contributed by atoms with E-state index in [0.717, 1.165) is 5.56 Å². The SMILES string of the molecule is COCCCN1C(=O)c2ccc(C(=O)Oc3ccccc3C)cc2C1=O. The molecule has 0 saturated heterocycles. The molecule has 0 aromatic heterocycles. The molecule has 134 valence electrons.